The van der Waals surface area contributed by atoms with Crippen LogP contribution in [0.25, 0.3) is 20.9 Å². The van der Waals surface area contributed by atoms with E-state index in [0.29, 0.717) is 0 Å². The molecule has 0 aliphatic carbocycles. The van der Waals surface area contributed by atoms with Gasteiger partial charge in [-0.3, -0.25) is 0 Å². The van der Waals surface area contributed by atoms with E-state index in [-0.39, 0.29) is 0 Å². The SMILES string of the molecule is Clc1ccc(-c2cc(Br)c(-c3ccccc3)s2)cc1. The van der Waals surface area contributed by atoms with Crippen LogP contribution < -0.4 is 0 Å². The maximum atomic E-state index is 5.93. The number of rotatable bonds is 2. The van der Waals surface area contributed by atoms with Crippen LogP contribution in [0.2, 0.25) is 5.02 Å². The summed E-state index contributed by atoms with van der Waals surface area (Å²) in [5.41, 5.74) is 2.43. The van der Waals surface area contributed by atoms with Gasteiger partial charge in [0.25, 0.3) is 0 Å². The molecule has 0 atom stereocenters. The highest BCUT2D eigenvalue weighted by atomic mass is 79.9. The lowest BCUT2D eigenvalue weighted by Gasteiger charge is -1.98. The first-order valence-electron chi connectivity index (χ1n) is 5.85. The molecule has 0 unspecified atom stereocenters. The van der Waals surface area contributed by atoms with Crippen LogP contribution in [0.4, 0.5) is 0 Å². The van der Waals surface area contributed by atoms with Crippen molar-refractivity contribution in [3.05, 3.63) is 70.2 Å². The van der Waals surface area contributed by atoms with Gasteiger partial charge in [-0.2, -0.15) is 0 Å². The third-order valence-corrected chi connectivity index (χ3v) is 5.22. The van der Waals surface area contributed by atoms with Gasteiger partial charge in [-0.15, -0.1) is 11.3 Å². The van der Waals surface area contributed by atoms with Gasteiger partial charge in [-0.25, -0.2) is 0 Å². The van der Waals surface area contributed by atoms with Crippen LogP contribution in [-0.4, -0.2) is 0 Å². The molecule has 0 saturated carbocycles. The predicted octanol–water partition coefficient (Wildman–Crippen LogP) is 6.50. The lowest BCUT2D eigenvalue weighted by Crippen LogP contribution is -1.70. The maximum absolute atomic E-state index is 5.93. The molecule has 1 heterocycles. The Labute approximate surface area is 129 Å². The Bertz CT molecular complexity index is 687. The average molecular weight is 350 g/mol. The second-order valence-corrected chi connectivity index (χ2v) is 6.50. The second kappa shape index (κ2) is 5.49. The van der Waals surface area contributed by atoms with Crippen molar-refractivity contribution in [1.82, 2.24) is 0 Å². The van der Waals surface area contributed by atoms with Crippen LogP contribution >= 0.6 is 38.9 Å². The van der Waals surface area contributed by atoms with Gasteiger partial charge in [-0.05, 0) is 45.3 Å². The van der Waals surface area contributed by atoms with Crippen LogP contribution in [0.15, 0.2) is 65.1 Å². The van der Waals surface area contributed by atoms with Crippen molar-refractivity contribution < 1.29 is 0 Å². The summed E-state index contributed by atoms with van der Waals surface area (Å²) in [6.07, 6.45) is 0. The molecule has 3 aromatic rings. The first-order chi connectivity index (χ1) is 9.24. The third-order valence-electron chi connectivity index (χ3n) is 2.85. The minimum Gasteiger partial charge on any atom is -0.134 e. The first kappa shape index (κ1) is 12.9. The zero-order chi connectivity index (χ0) is 13.2. The summed E-state index contributed by atoms with van der Waals surface area (Å²) in [4.78, 5) is 2.49. The molecule has 1 aromatic heterocycles. The first-order valence-corrected chi connectivity index (χ1v) is 7.83. The van der Waals surface area contributed by atoms with E-state index in [0.717, 1.165) is 9.50 Å². The van der Waals surface area contributed by atoms with Crippen molar-refractivity contribution >= 4 is 38.9 Å². The summed E-state index contributed by atoms with van der Waals surface area (Å²) >= 11 is 11.4. The number of benzene rings is 2. The smallest absolute Gasteiger partial charge is 0.0491 e. The molecule has 0 amide bonds. The summed E-state index contributed by atoms with van der Waals surface area (Å²) in [5, 5.41) is 0.766. The number of hydrogen-bond donors (Lipinski definition) is 0. The molecular formula is C16H10BrClS. The Balaban J connectivity index is 2.04. The second-order valence-electron chi connectivity index (χ2n) is 4.16. The summed E-state index contributed by atoms with van der Waals surface area (Å²) in [6.45, 7) is 0. The quantitative estimate of drug-likeness (QED) is 0.495. The van der Waals surface area contributed by atoms with Crippen LogP contribution in [-0.2, 0) is 0 Å². The van der Waals surface area contributed by atoms with Gasteiger partial charge in [-0.1, -0.05) is 54.1 Å². The van der Waals surface area contributed by atoms with Gasteiger partial charge in [0, 0.05) is 19.2 Å². The molecule has 2 aromatic carbocycles. The molecule has 0 nitrogen and oxygen atoms in total. The van der Waals surface area contributed by atoms with E-state index in [9.17, 15) is 0 Å². The summed E-state index contributed by atoms with van der Waals surface area (Å²) < 4.78 is 1.13. The van der Waals surface area contributed by atoms with Crippen LogP contribution in [0.3, 0.4) is 0 Å². The Hall–Kier alpha value is -1.09. The Morgan fingerprint density at radius 1 is 0.842 bits per heavy atom. The fraction of sp³-hybridized carbons (Fsp3) is 0. The Morgan fingerprint density at radius 2 is 1.53 bits per heavy atom. The van der Waals surface area contributed by atoms with Crippen molar-refractivity contribution in [2.75, 3.05) is 0 Å². The highest BCUT2D eigenvalue weighted by Crippen LogP contribution is 2.41. The zero-order valence-electron chi connectivity index (χ0n) is 9.94. The Morgan fingerprint density at radius 3 is 2.21 bits per heavy atom. The lowest BCUT2D eigenvalue weighted by molar-refractivity contribution is 1.67. The largest absolute Gasteiger partial charge is 0.134 e. The van der Waals surface area contributed by atoms with Crippen LogP contribution in [0.5, 0.6) is 0 Å². The molecule has 0 N–H and O–H groups in total. The minimum absolute atomic E-state index is 0.766. The van der Waals surface area contributed by atoms with Gasteiger partial charge in [0.05, 0.1) is 0 Å². The molecule has 0 spiro atoms. The molecule has 0 aliphatic heterocycles. The number of halogens is 2. The van der Waals surface area contributed by atoms with Crippen LogP contribution in [0, 0.1) is 0 Å². The predicted molar refractivity (Wildman–Crippen MR) is 87.9 cm³/mol. The minimum atomic E-state index is 0.766. The molecule has 94 valence electrons. The van der Waals surface area contributed by atoms with Gasteiger partial charge in [0.2, 0.25) is 0 Å². The topological polar surface area (TPSA) is 0 Å². The summed E-state index contributed by atoms with van der Waals surface area (Å²) in [5.74, 6) is 0. The molecular weight excluding hydrogens is 340 g/mol. The molecule has 3 rings (SSSR count). The Kier molecular flexibility index (Phi) is 3.74. The van der Waals surface area contributed by atoms with Crippen molar-refractivity contribution in [3.8, 4) is 20.9 Å². The molecule has 0 radical (unpaired) electrons. The normalized spacial score (nSPS) is 10.6. The van der Waals surface area contributed by atoms with E-state index in [1.165, 1.54) is 20.9 Å². The van der Waals surface area contributed by atoms with Crippen molar-refractivity contribution in [1.29, 1.82) is 0 Å². The third kappa shape index (κ3) is 2.76. The van der Waals surface area contributed by atoms with E-state index in [2.05, 4.69) is 58.4 Å². The molecule has 0 aliphatic rings. The van der Waals surface area contributed by atoms with Crippen LogP contribution in [0.1, 0.15) is 0 Å². The van der Waals surface area contributed by atoms with Gasteiger partial charge in [0.1, 0.15) is 0 Å². The van der Waals surface area contributed by atoms with E-state index >= 15 is 0 Å². The molecule has 0 fully saturated rings. The summed E-state index contributed by atoms with van der Waals surface area (Å²) in [6, 6.07) is 20.5. The highest BCUT2D eigenvalue weighted by Gasteiger charge is 2.10. The van der Waals surface area contributed by atoms with Gasteiger partial charge < -0.3 is 0 Å². The molecule has 3 heteroatoms. The van der Waals surface area contributed by atoms with E-state index < -0.39 is 0 Å². The van der Waals surface area contributed by atoms with Crippen molar-refractivity contribution in [2.45, 2.75) is 0 Å². The number of hydrogen-bond acceptors (Lipinski definition) is 1. The molecule has 19 heavy (non-hydrogen) atoms. The van der Waals surface area contributed by atoms with E-state index in [1.54, 1.807) is 11.3 Å². The van der Waals surface area contributed by atoms with Crippen molar-refractivity contribution in [2.24, 2.45) is 0 Å². The molecule has 0 saturated heterocycles. The standard InChI is InChI=1S/C16H10BrClS/c17-14-10-15(11-6-8-13(18)9-7-11)19-16(14)12-4-2-1-3-5-12/h1-10H. The summed E-state index contributed by atoms with van der Waals surface area (Å²) in [7, 11) is 0. The monoisotopic (exact) mass is 348 g/mol. The van der Waals surface area contributed by atoms with E-state index in [1.807, 2.05) is 18.2 Å². The molecule has 0 bridgehead atoms. The van der Waals surface area contributed by atoms with Crippen molar-refractivity contribution in [3.63, 3.8) is 0 Å². The fourth-order valence-electron chi connectivity index (χ4n) is 1.91. The van der Waals surface area contributed by atoms with Gasteiger partial charge >= 0.3 is 0 Å². The lowest BCUT2D eigenvalue weighted by atomic mass is 10.1. The maximum Gasteiger partial charge on any atom is 0.0491 e. The van der Waals surface area contributed by atoms with E-state index in [4.69, 9.17) is 11.6 Å². The van der Waals surface area contributed by atoms with Gasteiger partial charge in [0.15, 0.2) is 0 Å². The number of thiophene rings is 1. The fourth-order valence-corrected chi connectivity index (χ4v) is 3.95. The zero-order valence-corrected chi connectivity index (χ0v) is 13.1. The average Bonchev–Trinajstić information content (AvgIpc) is 2.83. The highest BCUT2D eigenvalue weighted by molar-refractivity contribution is 9.10.